The molecule has 88 valence electrons. The van der Waals surface area contributed by atoms with E-state index in [9.17, 15) is 18.0 Å². The minimum absolute atomic E-state index is 0.0609. The summed E-state index contributed by atoms with van der Waals surface area (Å²) in [7, 11) is 0. The number of hydrogen-bond acceptors (Lipinski definition) is 4. The lowest BCUT2D eigenvalue weighted by atomic mass is 10.3. The lowest BCUT2D eigenvalue weighted by Crippen LogP contribution is -2.09. The van der Waals surface area contributed by atoms with Gasteiger partial charge in [0.2, 0.25) is 0 Å². The van der Waals surface area contributed by atoms with Crippen LogP contribution in [0.2, 0.25) is 0 Å². The van der Waals surface area contributed by atoms with E-state index in [2.05, 4.69) is 16.3 Å². The van der Waals surface area contributed by atoms with Crippen LogP contribution in [-0.4, -0.2) is 17.6 Å². The summed E-state index contributed by atoms with van der Waals surface area (Å²) < 4.78 is 41.6. The van der Waals surface area contributed by atoms with Crippen molar-refractivity contribution in [3.05, 3.63) is 22.2 Å². The number of hydrogen-bond donors (Lipinski definition) is 0. The number of esters is 1. The van der Waals surface area contributed by atoms with Gasteiger partial charge >= 0.3 is 12.1 Å². The molecule has 1 aromatic rings. The van der Waals surface area contributed by atoms with E-state index in [0.29, 0.717) is 11.3 Å². The number of aromatic nitrogens is 1. The molecular weight excluding hydrogens is 243 g/mol. The Balaban J connectivity index is 3.14. The molecule has 1 aromatic heterocycles. The molecule has 0 fully saturated rings. The van der Waals surface area contributed by atoms with E-state index in [-0.39, 0.29) is 17.2 Å². The fourth-order valence-corrected chi connectivity index (χ4v) is 1.71. The van der Waals surface area contributed by atoms with Crippen LogP contribution in [0, 0.1) is 0 Å². The zero-order valence-corrected chi connectivity index (χ0v) is 9.11. The van der Waals surface area contributed by atoms with Crippen molar-refractivity contribution in [2.45, 2.75) is 13.1 Å². The lowest BCUT2D eigenvalue weighted by molar-refractivity contribution is -0.137. The molecule has 0 bridgehead atoms. The van der Waals surface area contributed by atoms with Crippen LogP contribution in [0.5, 0.6) is 0 Å². The number of thiazole rings is 1. The zero-order chi connectivity index (χ0) is 12.3. The van der Waals surface area contributed by atoms with Crippen LogP contribution in [0.3, 0.4) is 0 Å². The molecular formula is C9H8F3NO2S. The molecule has 0 saturated heterocycles. The standard InChI is InChI=1S/C9H8F3NO2S/c1-3-5-6(7(14)15-4-2)13-8(16-5)9(10,11)12/h3H,1,4H2,2H3. The molecule has 0 aromatic carbocycles. The summed E-state index contributed by atoms with van der Waals surface area (Å²) in [6, 6.07) is 0. The van der Waals surface area contributed by atoms with Gasteiger partial charge in [0.1, 0.15) is 0 Å². The Labute approximate surface area is 93.6 Å². The second-order valence-electron chi connectivity index (χ2n) is 2.65. The highest BCUT2D eigenvalue weighted by molar-refractivity contribution is 7.13. The molecule has 16 heavy (non-hydrogen) atoms. The van der Waals surface area contributed by atoms with Crippen LogP contribution in [0.1, 0.15) is 27.3 Å². The average Bonchev–Trinajstić information content (AvgIpc) is 2.61. The second kappa shape index (κ2) is 4.65. The molecule has 0 saturated carbocycles. The second-order valence-corrected chi connectivity index (χ2v) is 3.68. The van der Waals surface area contributed by atoms with Gasteiger partial charge in [0.05, 0.1) is 11.5 Å². The Kier molecular flexibility index (Phi) is 3.69. The van der Waals surface area contributed by atoms with E-state index in [1.807, 2.05) is 0 Å². The Hall–Kier alpha value is -1.37. The van der Waals surface area contributed by atoms with E-state index in [4.69, 9.17) is 0 Å². The molecule has 0 spiro atoms. The summed E-state index contributed by atoms with van der Waals surface area (Å²) in [5.74, 6) is -0.871. The molecule has 0 N–H and O–H groups in total. The van der Waals surface area contributed by atoms with Crippen molar-refractivity contribution < 1.29 is 22.7 Å². The minimum atomic E-state index is -4.56. The van der Waals surface area contributed by atoms with E-state index in [0.717, 1.165) is 6.08 Å². The molecule has 0 unspecified atom stereocenters. The fraction of sp³-hybridized carbons (Fsp3) is 0.333. The zero-order valence-electron chi connectivity index (χ0n) is 8.30. The molecule has 1 rings (SSSR count). The Bertz CT molecular complexity index is 411. The van der Waals surface area contributed by atoms with Crippen molar-refractivity contribution >= 4 is 23.4 Å². The third-order valence-electron chi connectivity index (χ3n) is 1.55. The van der Waals surface area contributed by atoms with Gasteiger partial charge in [-0.15, -0.1) is 11.3 Å². The van der Waals surface area contributed by atoms with Crippen molar-refractivity contribution in [2.24, 2.45) is 0 Å². The number of alkyl halides is 3. The van der Waals surface area contributed by atoms with Gasteiger partial charge in [-0.3, -0.25) is 0 Å². The predicted molar refractivity (Wildman–Crippen MR) is 53.2 cm³/mol. The first-order valence-corrected chi connectivity index (χ1v) is 5.09. The van der Waals surface area contributed by atoms with Gasteiger partial charge in [-0.05, 0) is 13.0 Å². The van der Waals surface area contributed by atoms with Gasteiger partial charge < -0.3 is 4.74 Å². The van der Waals surface area contributed by atoms with E-state index < -0.39 is 17.2 Å². The van der Waals surface area contributed by atoms with Gasteiger partial charge in [-0.25, -0.2) is 9.78 Å². The number of ether oxygens (including phenoxy) is 1. The summed E-state index contributed by atoms with van der Waals surface area (Å²) >= 11 is 0.366. The van der Waals surface area contributed by atoms with Gasteiger partial charge in [-0.1, -0.05) is 6.58 Å². The topological polar surface area (TPSA) is 39.2 Å². The third kappa shape index (κ3) is 2.60. The summed E-state index contributed by atoms with van der Waals surface area (Å²) in [6.45, 7) is 4.96. The van der Waals surface area contributed by atoms with Crippen LogP contribution in [0.15, 0.2) is 6.58 Å². The first kappa shape index (κ1) is 12.7. The van der Waals surface area contributed by atoms with Gasteiger partial charge in [0.15, 0.2) is 10.7 Å². The van der Waals surface area contributed by atoms with Crippen molar-refractivity contribution in [1.82, 2.24) is 4.98 Å². The number of rotatable bonds is 3. The summed E-state index contributed by atoms with van der Waals surface area (Å²) in [5.41, 5.74) is -0.339. The van der Waals surface area contributed by atoms with E-state index in [1.54, 1.807) is 6.92 Å². The lowest BCUT2D eigenvalue weighted by Gasteiger charge is -1.99. The fourth-order valence-electron chi connectivity index (χ4n) is 0.937. The smallest absolute Gasteiger partial charge is 0.443 e. The minimum Gasteiger partial charge on any atom is -0.461 e. The van der Waals surface area contributed by atoms with E-state index in [1.165, 1.54) is 0 Å². The highest BCUT2D eigenvalue weighted by Gasteiger charge is 2.36. The molecule has 7 heteroatoms. The van der Waals surface area contributed by atoms with Gasteiger partial charge in [0.25, 0.3) is 0 Å². The monoisotopic (exact) mass is 251 g/mol. The summed E-state index contributed by atoms with van der Waals surface area (Å²) in [4.78, 5) is 14.6. The maximum absolute atomic E-state index is 12.3. The molecule has 0 radical (unpaired) electrons. The Morgan fingerprint density at radius 2 is 2.25 bits per heavy atom. The van der Waals surface area contributed by atoms with Crippen LogP contribution < -0.4 is 0 Å². The van der Waals surface area contributed by atoms with Crippen LogP contribution in [-0.2, 0) is 10.9 Å². The van der Waals surface area contributed by atoms with Crippen molar-refractivity contribution in [2.75, 3.05) is 6.61 Å². The van der Waals surface area contributed by atoms with Crippen LogP contribution >= 0.6 is 11.3 Å². The normalized spacial score (nSPS) is 11.2. The molecule has 0 amide bonds. The number of carbonyl (C=O) groups is 1. The van der Waals surface area contributed by atoms with Crippen molar-refractivity contribution in [1.29, 1.82) is 0 Å². The Morgan fingerprint density at radius 3 is 2.69 bits per heavy atom. The number of nitrogens with zero attached hydrogens (tertiary/aromatic N) is 1. The third-order valence-corrected chi connectivity index (χ3v) is 2.65. The average molecular weight is 251 g/mol. The first-order valence-electron chi connectivity index (χ1n) is 4.27. The molecule has 0 aliphatic rings. The van der Waals surface area contributed by atoms with E-state index >= 15 is 0 Å². The molecule has 3 nitrogen and oxygen atoms in total. The maximum atomic E-state index is 12.3. The van der Waals surface area contributed by atoms with Crippen LogP contribution in [0.4, 0.5) is 13.2 Å². The Morgan fingerprint density at radius 1 is 1.62 bits per heavy atom. The molecule has 0 atom stereocenters. The molecule has 0 aliphatic heterocycles. The van der Waals surface area contributed by atoms with Gasteiger partial charge in [0, 0.05) is 0 Å². The predicted octanol–water partition coefficient (Wildman–Crippen LogP) is 2.98. The molecule has 1 heterocycles. The van der Waals surface area contributed by atoms with Crippen LogP contribution in [0.25, 0.3) is 6.08 Å². The number of carbonyl (C=O) groups excluding carboxylic acids is 1. The maximum Gasteiger partial charge on any atom is 0.443 e. The summed E-state index contributed by atoms with van der Waals surface area (Å²) in [5, 5.41) is -1.08. The van der Waals surface area contributed by atoms with Crippen molar-refractivity contribution in [3.8, 4) is 0 Å². The number of halogens is 3. The highest BCUT2D eigenvalue weighted by Crippen LogP contribution is 2.34. The largest absolute Gasteiger partial charge is 0.461 e. The van der Waals surface area contributed by atoms with Crippen molar-refractivity contribution in [3.63, 3.8) is 0 Å². The molecule has 0 aliphatic carbocycles. The summed E-state index contributed by atoms with van der Waals surface area (Å²) in [6.07, 6.45) is -3.41. The van der Waals surface area contributed by atoms with Gasteiger partial charge in [-0.2, -0.15) is 13.2 Å². The SMILES string of the molecule is C=Cc1sc(C(F)(F)F)nc1C(=O)OCC. The quantitative estimate of drug-likeness (QED) is 0.775. The highest BCUT2D eigenvalue weighted by atomic mass is 32.1. The first-order chi connectivity index (χ1) is 7.40.